The number of halogens is 1. The van der Waals surface area contributed by atoms with Crippen LogP contribution in [0.4, 0.5) is 10.5 Å². The second kappa shape index (κ2) is 8.94. The van der Waals surface area contributed by atoms with Crippen LogP contribution in [-0.4, -0.2) is 30.0 Å². The van der Waals surface area contributed by atoms with Gasteiger partial charge in [0.2, 0.25) is 0 Å². The maximum atomic E-state index is 12.0. The molecule has 0 aliphatic heterocycles. The Morgan fingerprint density at radius 2 is 1.96 bits per heavy atom. The van der Waals surface area contributed by atoms with E-state index < -0.39 is 11.7 Å². The number of carbonyl (C=O) groups is 1. The third kappa shape index (κ3) is 5.42. The number of nitrogens with zero attached hydrogens (tertiary/aromatic N) is 1. The molecule has 2 aromatic rings. The highest BCUT2D eigenvalue weighted by Crippen LogP contribution is 2.32. The largest absolute Gasteiger partial charge is 0.444 e. The molecule has 0 unspecified atom stereocenters. The number of amides is 1. The van der Waals surface area contributed by atoms with Crippen molar-refractivity contribution in [1.29, 1.82) is 0 Å². The lowest BCUT2D eigenvalue weighted by molar-refractivity contribution is 0.0636. The van der Waals surface area contributed by atoms with Gasteiger partial charge in [-0.05, 0) is 32.9 Å². The Morgan fingerprint density at radius 3 is 2.54 bits per heavy atom. The Hall–Kier alpha value is -1.72. The van der Waals surface area contributed by atoms with Gasteiger partial charge in [0.05, 0.1) is 22.8 Å². The van der Waals surface area contributed by atoms with Gasteiger partial charge in [-0.15, -0.1) is 0 Å². The van der Waals surface area contributed by atoms with Crippen LogP contribution in [0, 0.1) is 0 Å². The molecule has 1 heterocycles. The van der Waals surface area contributed by atoms with Crippen LogP contribution >= 0.6 is 11.6 Å². The highest BCUT2D eigenvalue weighted by molar-refractivity contribution is 6.37. The number of fused-ring (bicyclic) bond motifs is 1. The van der Waals surface area contributed by atoms with Gasteiger partial charge >= 0.3 is 6.09 Å². The number of methoxy groups -OCH3 is 1. The highest BCUT2D eigenvalue weighted by atomic mass is 35.5. The lowest BCUT2D eigenvalue weighted by atomic mass is 10.2. The molecule has 2 rings (SSSR count). The molecule has 5 nitrogen and oxygen atoms in total. The third-order valence-corrected chi connectivity index (χ3v) is 3.32. The minimum atomic E-state index is -0.549. The zero-order valence-corrected chi connectivity index (χ0v) is 16.0. The van der Waals surface area contributed by atoms with Gasteiger partial charge in [-0.2, -0.15) is 0 Å². The second-order valence-corrected chi connectivity index (χ2v) is 6.40. The number of hydrogen-bond acceptors (Lipinski definition) is 3. The van der Waals surface area contributed by atoms with Crippen LogP contribution in [0.3, 0.4) is 0 Å². The van der Waals surface area contributed by atoms with Gasteiger partial charge in [0, 0.05) is 25.2 Å². The number of aromatic nitrogens is 1. The minimum absolute atomic E-state index is 0.499. The Kier molecular flexibility index (Phi) is 7.58. The molecule has 0 atom stereocenters. The van der Waals surface area contributed by atoms with E-state index >= 15 is 0 Å². The first-order valence-electron chi connectivity index (χ1n) is 8.08. The van der Waals surface area contributed by atoms with E-state index in [1.54, 1.807) is 13.2 Å². The molecule has 1 N–H and O–H groups in total. The molecule has 0 spiro atoms. The number of rotatable bonds is 4. The van der Waals surface area contributed by atoms with Gasteiger partial charge in [-0.25, -0.2) is 4.79 Å². The number of hydrogen-bond donors (Lipinski definition) is 1. The van der Waals surface area contributed by atoms with Crippen molar-refractivity contribution in [2.75, 3.05) is 19.0 Å². The van der Waals surface area contributed by atoms with Crippen molar-refractivity contribution in [3.8, 4) is 0 Å². The van der Waals surface area contributed by atoms with E-state index in [1.807, 2.05) is 57.5 Å². The van der Waals surface area contributed by atoms with E-state index in [2.05, 4.69) is 5.32 Å². The average molecular weight is 355 g/mol. The SMILES string of the molecule is CC.COCCn1cc(Cl)c2c(NC(=O)OC(C)(C)C)cccc21. The molecule has 134 valence electrons. The highest BCUT2D eigenvalue weighted by Gasteiger charge is 2.18. The summed E-state index contributed by atoms with van der Waals surface area (Å²) in [5.74, 6) is 0. The fourth-order valence-corrected chi connectivity index (χ4v) is 2.51. The minimum Gasteiger partial charge on any atom is -0.444 e. The first-order valence-corrected chi connectivity index (χ1v) is 8.46. The second-order valence-electron chi connectivity index (χ2n) is 5.99. The van der Waals surface area contributed by atoms with Crippen molar-refractivity contribution < 1.29 is 14.3 Å². The first kappa shape index (κ1) is 20.3. The summed E-state index contributed by atoms with van der Waals surface area (Å²) in [6.45, 7) is 10.7. The predicted octanol–water partition coefficient (Wildman–Crippen LogP) is 5.31. The van der Waals surface area contributed by atoms with Crippen LogP contribution in [0.5, 0.6) is 0 Å². The predicted molar refractivity (Wildman–Crippen MR) is 100 cm³/mol. The van der Waals surface area contributed by atoms with Crippen molar-refractivity contribution >= 4 is 34.3 Å². The Labute approximate surface area is 148 Å². The number of nitrogens with one attached hydrogen (secondary N) is 1. The fourth-order valence-electron chi connectivity index (χ4n) is 2.19. The van der Waals surface area contributed by atoms with Crippen LogP contribution in [0.2, 0.25) is 5.02 Å². The van der Waals surface area contributed by atoms with E-state index in [9.17, 15) is 4.79 Å². The summed E-state index contributed by atoms with van der Waals surface area (Å²) in [5, 5.41) is 4.14. The molecule has 0 aliphatic rings. The lowest BCUT2D eigenvalue weighted by Gasteiger charge is -2.20. The van der Waals surface area contributed by atoms with Gasteiger partial charge in [0.25, 0.3) is 0 Å². The summed E-state index contributed by atoms with van der Waals surface area (Å²) in [6, 6.07) is 5.63. The lowest BCUT2D eigenvalue weighted by Crippen LogP contribution is -2.27. The van der Waals surface area contributed by atoms with E-state index in [1.165, 1.54) is 0 Å². The summed E-state index contributed by atoms with van der Waals surface area (Å²) in [5.41, 5.74) is 1.02. The first-order chi connectivity index (χ1) is 11.3. The van der Waals surface area contributed by atoms with Crippen molar-refractivity contribution in [2.45, 2.75) is 46.8 Å². The Balaban J connectivity index is 0.00000139. The maximum absolute atomic E-state index is 12.0. The molecule has 0 saturated carbocycles. The van der Waals surface area contributed by atoms with Gasteiger partial charge in [0.15, 0.2) is 0 Å². The monoisotopic (exact) mass is 354 g/mol. The molecular formula is C18H27ClN2O3. The van der Waals surface area contributed by atoms with Gasteiger partial charge in [0.1, 0.15) is 5.60 Å². The number of carbonyl (C=O) groups excluding carboxylic acids is 1. The van der Waals surface area contributed by atoms with Crippen molar-refractivity contribution in [2.24, 2.45) is 0 Å². The van der Waals surface area contributed by atoms with Gasteiger partial charge < -0.3 is 14.0 Å². The van der Waals surface area contributed by atoms with E-state index in [0.717, 1.165) is 10.9 Å². The summed E-state index contributed by atoms with van der Waals surface area (Å²) in [7, 11) is 1.66. The zero-order chi connectivity index (χ0) is 18.3. The molecule has 24 heavy (non-hydrogen) atoms. The van der Waals surface area contributed by atoms with Crippen LogP contribution < -0.4 is 5.32 Å². The zero-order valence-electron chi connectivity index (χ0n) is 15.3. The molecule has 1 aromatic carbocycles. The number of anilines is 1. The molecule has 1 amide bonds. The van der Waals surface area contributed by atoms with Crippen molar-refractivity contribution in [3.63, 3.8) is 0 Å². The molecule has 0 bridgehead atoms. The van der Waals surface area contributed by atoms with Crippen LogP contribution in [-0.2, 0) is 16.0 Å². The molecule has 0 saturated heterocycles. The van der Waals surface area contributed by atoms with Gasteiger partial charge in [-0.1, -0.05) is 31.5 Å². The number of benzene rings is 1. The van der Waals surface area contributed by atoms with Crippen LogP contribution in [0.1, 0.15) is 34.6 Å². The average Bonchev–Trinajstić information content (AvgIpc) is 2.83. The quantitative estimate of drug-likeness (QED) is 0.808. The number of ether oxygens (including phenoxy) is 2. The van der Waals surface area contributed by atoms with E-state index in [4.69, 9.17) is 21.1 Å². The Morgan fingerprint density at radius 1 is 1.29 bits per heavy atom. The van der Waals surface area contributed by atoms with E-state index in [0.29, 0.717) is 23.9 Å². The van der Waals surface area contributed by atoms with Crippen LogP contribution in [0.15, 0.2) is 24.4 Å². The van der Waals surface area contributed by atoms with Gasteiger partial charge in [-0.3, -0.25) is 5.32 Å². The normalized spacial score (nSPS) is 11.0. The molecule has 0 fully saturated rings. The maximum Gasteiger partial charge on any atom is 0.412 e. The molecule has 1 aromatic heterocycles. The molecular weight excluding hydrogens is 328 g/mol. The molecule has 0 radical (unpaired) electrons. The smallest absolute Gasteiger partial charge is 0.412 e. The Bertz CT molecular complexity index is 675. The van der Waals surface area contributed by atoms with E-state index in [-0.39, 0.29) is 0 Å². The summed E-state index contributed by atoms with van der Waals surface area (Å²) in [6.07, 6.45) is 1.34. The van der Waals surface area contributed by atoms with Crippen molar-refractivity contribution in [1.82, 2.24) is 4.57 Å². The summed E-state index contributed by atoms with van der Waals surface area (Å²) < 4.78 is 12.4. The van der Waals surface area contributed by atoms with Crippen LogP contribution in [0.25, 0.3) is 10.9 Å². The molecule has 6 heteroatoms. The summed E-state index contributed by atoms with van der Waals surface area (Å²) in [4.78, 5) is 12.0. The van der Waals surface area contributed by atoms with Crippen molar-refractivity contribution in [3.05, 3.63) is 29.4 Å². The summed E-state index contributed by atoms with van der Waals surface area (Å²) >= 11 is 6.32. The molecule has 0 aliphatic carbocycles. The topological polar surface area (TPSA) is 52.5 Å². The fraction of sp³-hybridized carbons (Fsp3) is 0.500. The standard InChI is InChI=1S/C16H21ClN2O3.C2H6/c1-16(2,3)22-15(20)18-12-6-5-7-13-14(12)11(17)10-19(13)8-9-21-4;1-2/h5-7,10H,8-9H2,1-4H3,(H,18,20);1-2H3. The third-order valence-electron chi connectivity index (χ3n) is 3.03.